The average molecular weight is 328 g/mol. The Labute approximate surface area is 130 Å². The molecular formula is C13H14ClN3O3S. The summed E-state index contributed by atoms with van der Waals surface area (Å²) in [5.41, 5.74) is 1.27. The topological polar surface area (TPSA) is 75.4 Å². The molecule has 0 aliphatic heterocycles. The molecular weight excluding hydrogens is 314 g/mol. The zero-order valence-electron chi connectivity index (χ0n) is 11.6. The predicted molar refractivity (Wildman–Crippen MR) is 81.4 cm³/mol. The molecule has 1 aromatic carbocycles. The van der Waals surface area contributed by atoms with Gasteiger partial charge in [0.1, 0.15) is 5.52 Å². The minimum atomic E-state index is -0.215. The van der Waals surface area contributed by atoms with Crippen LogP contribution < -0.4 is 5.32 Å². The highest BCUT2D eigenvalue weighted by Gasteiger charge is 2.14. The summed E-state index contributed by atoms with van der Waals surface area (Å²) in [7, 11) is 3.10. The molecule has 6 nitrogen and oxygen atoms in total. The molecule has 2 rings (SSSR count). The number of oxazole rings is 1. The Balaban J connectivity index is 1.94. The Bertz CT molecular complexity index is 674. The molecule has 0 fully saturated rings. The van der Waals surface area contributed by atoms with E-state index in [0.29, 0.717) is 21.3 Å². The van der Waals surface area contributed by atoms with Crippen molar-refractivity contribution in [2.45, 2.75) is 5.22 Å². The summed E-state index contributed by atoms with van der Waals surface area (Å²) < 4.78 is 5.50. The first kappa shape index (κ1) is 15.7. The van der Waals surface area contributed by atoms with Crippen molar-refractivity contribution in [1.29, 1.82) is 0 Å². The van der Waals surface area contributed by atoms with E-state index in [1.807, 2.05) is 0 Å². The van der Waals surface area contributed by atoms with Gasteiger partial charge in [0.15, 0.2) is 5.58 Å². The van der Waals surface area contributed by atoms with Gasteiger partial charge in [-0.15, -0.1) is 0 Å². The third kappa shape index (κ3) is 4.12. The second kappa shape index (κ2) is 6.82. The van der Waals surface area contributed by atoms with E-state index >= 15 is 0 Å². The highest BCUT2D eigenvalue weighted by molar-refractivity contribution is 7.99. The Morgan fingerprint density at radius 2 is 2.24 bits per heavy atom. The van der Waals surface area contributed by atoms with Crippen LogP contribution in [0, 0.1) is 0 Å². The van der Waals surface area contributed by atoms with Crippen LogP contribution in [-0.2, 0) is 9.59 Å². The minimum absolute atomic E-state index is 0.0268. The second-order valence-electron chi connectivity index (χ2n) is 4.30. The Hall–Kier alpha value is -1.73. The molecule has 2 aromatic rings. The van der Waals surface area contributed by atoms with Crippen LogP contribution in [0.2, 0.25) is 5.02 Å². The fraction of sp³-hybridized carbons (Fsp3) is 0.308. The summed E-state index contributed by atoms with van der Waals surface area (Å²) in [6, 6.07) is 5.15. The summed E-state index contributed by atoms with van der Waals surface area (Å²) >= 11 is 7.05. The van der Waals surface area contributed by atoms with Crippen LogP contribution in [0.15, 0.2) is 27.8 Å². The molecule has 1 heterocycles. The van der Waals surface area contributed by atoms with Gasteiger partial charge < -0.3 is 14.6 Å². The number of hydrogen-bond acceptors (Lipinski definition) is 5. The molecule has 1 N–H and O–H groups in total. The number of halogens is 1. The smallest absolute Gasteiger partial charge is 0.257 e. The van der Waals surface area contributed by atoms with Gasteiger partial charge in [0.05, 0.1) is 12.3 Å². The lowest BCUT2D eigenvalue weighted by Gasteiger charge is -2.14. The van der Waals surface area contributed by atoms with Gasteiger partial charge in [0, 0.05) is 25.2 Å². The van der Waals surface area contributed by atoms with Gasteiger partial charge in [-0.25, -0.2) is 4.98 Å². The van der Waals surface area contributed by atoms with E-state index in [4.69, 9.17) is 16.0 Å². The molecule has 0 aliphatic carbocycles. The minimum Gasteiger partial charge on any atom is -0.431 e. The van der Waals surface area contributed by atoms with Gasteiger partial charge in [-0.2, -0.15) is 0 Å². The van der Waals surface area contributed by atoms with Gasteiger partial charge in [-0.1, -0.05) is 23.4 Å². The SMILES string of the molecule is CNC(=O)CN(C)C(=O)CSc1nc2ccc(Cl)cc2o1. The maximum atomic E-state index is 11.9. The highest BCUT2D eigenvalue weighted by Crippen LogP contribution is 2.25. The normalized spacial score (nSPS) is 10.6. The number of amides is 2. The Morgan fingerprint density at radius 1 is 1.48 bits per heavy atom. The van der Waals surface area contributed by atoms with Crippen LogP contribution in [0.25, 0.3) is 11.1 Å². The zero-order valence-corrected chi connectivity index (χ0v) is 13.1. The van der Waals surface area contributed by atoms with E-state index in [1.54, 1.807) is 25.2 Å². The molecule has 112 valence electrons. The fourth-order valence-corrected chi connectivity index (χ4v) is 2.50. The van der Waals surface area contributed by atoms with Crippen molar-refractivity contribution in [3.63, 3.8) is 0 Å². The molecule has 8 heteroatoms. The van der Waals surface area contributed by atoms with Gasteiger partial charge >= 0.3 is 0 Å². The van der Waals surface area contributed by atoms with Gasteiger partial charge in [0.25, 0.3) is 5.22 Å². The van der Waals surface area contributed by atoms with E-state index < -0.39 is 0 Å². The Morgan fingerprint density at radius 3 is 2.95 bits per heavy atom. The molecule has 1 aromatic heterocycles. The van der Waals surface area contributed by atoms with E-state index in [1.165, 1.54) is 23.7 Å². The van der Waals surface area contributed by atoms with Crippen molar-refractivity contribution in [3.05, 3.63) is 23.2 Å². The summed E-state index contributed by atoms with van der Waals surface area (Å²) in [6.07, 6.45) is 0. The molecule has 21 heavy (non-hydrogen) atoms. The van der Waals surface area contributed by atoms with Crippen molar-refractivity contribution < 1.29 is 14.0 Å². The lowest BCUT2D eigenvalue weighted by atomic mass is 10.3. The van der Waals surface area contributed by atoms with Crippen LogP contribution >= 0.6 is 23.4 Å². The number of nitrogens with zero attached hydrogens (tertiary/aromatic N) is 2. The number of benzene rings is 1. The van der Waals surface area contributed by atoms with E-state index in [9.17, 15) is 9.59 Å². The number of carbonyl (C=O) groups is 2. The number of aromatic nitrogens is 1. The van der Waals surface area contributed by atoms with E-state index in [-0.39, 0.29) is 24.1 Å². The molecule has 0 bridgehead atoms. The molecule has 0 spiro atoms. The Kier molecular flexibility index (Phi) is 5.08. The summed E-state index contributed by atoms with van der Waals surface area (Å²) in [5.74, 6) is -0.245. The summed E-state index contributed by atoms with van der Waals surface area (Å²) in [4.78, 5) is 28.7. The van der Waals surface area contributed by atoms with Crippen molar-refractivity contribution in [3.8, 4) is 0 Å². The van der Waals surface area contributed by atoms with Crippen LogP contribution in [0.4, 0.5) is 0 Å². The summed E-state index contributed by atoms with van der Waals surface area (Å²) in [5, 5.41) is 3.43. The number of carbonyl (C=O) groups excluding carboxylic acids is 2. The average Bonchev–Trinajstić information content (AvgIpc) is 2.86. The molecule has 0 saturated carbocycles. The first-order valence-electron chi connectivity index (χ1n) is 6.13. The third-order valence-corrected chi connectivity index (χ3v) is 3.78. The van der Waals surface area contributed by atoms with Crippen LogP contribution in [0.1, 0.15) is 0 Å². The van der Waals surface area contributed by atoms with Crippen LogP contribution in [-0.4, -0.2) is 48.1 Å². The van der Waals surface area contributed by atoms with Crippen molar-refractivity contribution in [1.82, 2.24) is 15.2 Å². The lowest BCUT2D eigenvalue weighted by Crippen LogP contribution is -2.37. The fourth-order valence-electron chi connectivity index (χ4n) is 1.56. The highest BCUT2D eigenvalue weighted by atomic mass is 35.5. The molecule has 0 unspecified atom stereocenters. The number of hydrogen-bond donors (Lipinski definition) is 1. The number of fused-ring (bicyclic) bond motifs is 1. The number of rotatable bonds is 5. The molecule has 0 radical (unpaired) electrons. The van der Waals surface area contributed by atoms with Gasteiger partial charge in [-0.3, -0.25) is 9.59 Å². The molecule has 0 atom stereocenters. The first-order chi connectivity index (χ1) is 9.99. The van der Waals surface area contributed by atoms with E-state index in [0.717, 1.165) is 0 Å². The number of thioether (sulfide) groups is 1. The van der Waals surface area contributed by atoms with Crippen molar-refractivity contribution in [2.24, 2.45) is 0 Å². The zero-order chi connectivity index (χ0) is 15.4. The number of nitrogens with one attached hydrogen (secondary N) is 1. The monoisotopic (exact) mass is 327 g/mol. The van der Waals surface area contributed by atoms with Crippen molar-refractivity contribution in [2.75, 3.05) is 26.4 Å². The van der Waals surface area contributed by atoms with Crippen molar-refractivity contribution >= 4 is 46.3 Å². The summed E-state index contributed by atoms with van der Waals surface area (Å²) in [6.45, 7) is 0.0268. The molecule has 0 aliphatic rings. The van der Waals surface area contributed by atoms with Gasteiger partial charge in [0.2, 0.25) is 11.8 Å². The van der Waals surface area contributed by atoms with Crippen LogP contribution in [0.5, 0.6) is 0 Å². The second-order valence-corrected chi connectivity index (χ2v) is 5.67. The lowest BCUT2D eigenvalue weighted by molar-refractivity contribution is -0.132. The quantitative estimate of drug-likeness (QED) is 0.847. The molecule has 2 amide bonds. The first-order valence-corrected chi connectivity index (χ1v) is 7.49. The largest absolute Gasteiger partial charge is 0.431 e. The van der Waals surface area contributed by atoms with Crippen LogP contribution in [0.3, 0.4) is 0 Å². The standard InChI is InChI=1S/C13H14ClN3O3S/c1-15-11(18)6-17(2)12(19)7-21-13-16-9-4-3-8(14)5-10(9)20-13/h3-5H,6-7H2,1-2H3,(H,15,18). The van der Waals surface area contributed by atoms with E-state index in [2.05, 4.69) is 10.3 Å². The maximum absolute atomic E-state index is 11.9. The third-order valence-electron chi connectivity index (χ3n) is 2.74. The predicted octanol–water partition coefficient (Wildman–Crippen LogP) is 1.78. The molecule has 0 saturated heterocycles. The van der Waals surface area contributed by atoms with Gasteiger partial charge in [-0.05, 0) is 12.1 Å². The maximum Gasteiger partial charge on any atom is 0.257 e. The number of likely N-dealkylation sites (N-methyl/N-ethyl adjacent to an activating group) is 2.